The highest BCUT2D eigenvalue weighted by Gasteiger charge is 2.32. The topological polar surface area (TPSA) is 56.9 Å². The fourth-order valence-electron chi connectivity index (χ4n) is 2.33. The molecule has 0 aromatic carbocycles. The molecule has 1 heterocycles. The Morgan fingerprint density at radius 3 is 2.25 bits per heavy atom. The predicted octanol–water partition coefficient (Wildman–Crippen LogP) is -0.252. The zero-order chi connectivity index (χ0) is 11.0. The minimum absolute atomic E-state index is 0.535. The van der Waals surface area contributed by atoms with E-state index in [2.05, 4.69) is 20.2 Å². The molecule has 0 amide bonds. The van der Waals surface area contributed by atoms with Crippen molar-refractivity contribution in [1.29, 1.82) is 0 Å². The number of rotatable bonds is 2. The lowest BCUT2D eigenvalue weighted by atomic mass is 10.3. The third-order valence-electron chi connectivity index (χ3n) is 3.66. The molecule has 0 unspecified atom stereocenters. The normalized spacial score (nSPS) is 28.3. The zero-order valence-corrected chi connectivity index (χ0v) is 9.73. The van der Waals surface area contributed by atoms with Gasteiger partial charge in [-0.05, 0) is 25.7 Å². The molecule has 0 radical (unpaired) electrons. The molecule has 2 saturated carbocycles. The Bertz CT molecular complexity index is 274. The van der Waals surface area contributed by atoms with Gasteiger partial charge in [0.2, 0.25) is 5.96 Å². The fraction of sp³-hybridized carbons (Fsp3) is 0.909. The van der Waals surface area contributed by atoms with E-state index in [1.54, 1.807) is 0 Å². The van der Waals surface area contributed by atoms with Crippen molar-refractivity contribution in [3.63, 3.8) is 0 Å². The number of nitrogens with two attached hydrogens (primary N) is 1. The van der Waals surface area contributed by atoms with Crippen LogP contribution in [0, 0.1) is 0 Å². The molecule has 5 nitrogen and oxygen atoms in total. The summed E-state index contributed by atoms with van der Waals surface area (Å²) < 4.78 is 0. The van der Waals surface area contributed by atoms with Crippen molar-refractivity contribution in [2.24, 2.45) is 10.8 Å². The molecule has 16 heavy (non-hydrogen) atoms. The summed E-state index contributed by atoms with van der Waals surface area (Å²) in [5.41, 5.74) is 2.76. The molecular weight excluding hydrogens is 202 g/mol. The number of hydrogen-bond acceptors (Lipinski definition) is 3. The van der Waals surface area contributed by atoms with Crippen LogP contribution in [0.15, 0.2) is 4.99 Å². The van der Waals surface area contributed by atoms with Crippen LogP contribution in [0.4, 0.5) is 0 Å². The van der Waals surface area contributed by atoms with Crippen LogP contribution >= 0.6 is 0 Å². The molecule has 1 saturated heterocycles. The summed E-state index contributed by atoms with van der Waals surface area (Å²) in [6.07, 6.45) is 5.26. The Kier molecular flexibility index (Phi) is 2.73. The first-order valence-electron chi connectivity index (χ1n) is 6.40. The highest BCUT2D eigenvalue weighted by atomic mass is 15.4. The second kappa shape index (κ2) is 4.22. The highest BCUT2D eigenvalue weighted by Crippen LogP contribution is 2.28. The van der Waals surface area contributed by atoms with E-state index in [4.69, 9.17) is 5.84 Å². The minimum Gasteiger partial charge on any atom is -0.339 e. The summed E-state index contributed by atoms with van der Waals surface area (Å²) in [4.78, 5) is 9.49. The summed E-state index contributed by atoms with van der Waals surface area (Å²) in [5.74, 6) is 6.45. The standard InChI is InChI=1S/C11H21N5/c12-14-11(13-9-1-2-9)16-7-5-15(6-8-16)10-3-4-10/h9-10H,1-8,12H2,(H,13,14). The maximum Gasteiger partial charge on any atom is 0.208 e. The van der Waals surface area contributed by atoms with E-state index >= 15 is 0 Å². The maximum absolute atomic E-state index is 5.55. The van der Waals surface area contributed by atoms with E-state index in [1.165, 1.54) is 25.7 Å². The van der Waals surface area contributed by atoms with Crippen molar-refractivity contribution < 1.29 is 0 Å². The summed E-state index contributed by atoms with van der Waals surface area (Å²) in [6.45, 7) is 4.45. The van der Waals surface area contributed by atoms with Gasteiger partial charge in [0.15, 0.2) is 0 Å². The molecule has 3 fully saturated rings. The van der Waals surface area contributed by atoms with Crippen LogP contribution in [0.3, 0.4) is 0 Å². The van der Waals surface area contributed by atoms with E-state index in [0.717, 1.165) is 38.2 Å². The Morgan fingerprint density at radius 1 is 1.06 bits per heavy atom. The molecule has 5 heteroatoms. The third-order valence-corrected chi connectivity index (χ3v) is 3.66. The lowest BCUT2D eigenvalue weighted by molar-refractivity contribution is 0.171. The number of guanidine groups is 1. The molecule has 0 bridgehead atoms. The van der Waals surface area contributed by atoms with Gasteiger partial charge < -0.3 is 4.90 Å². The maximum atomic E-state index is 5.55. The number of nitrogens with zero attached hydrogens (tertiary/aromatic N) is 3. The summed E-state index contributed by atoms with van der Waals surface area (Å²) in [7, 11) is 0. The number of hydrogen-bond donors (Lipinski definition) is 2. The predicted molar refractivity (Wildman–Crippen MR) is 63.9 cm³/mol. The van der Waals surface area contributed by atoms with E-state index < -0.39 is 0 Å². The minimum atomic E-state index is 0.535. The van der Waals surface area contributed by atoms with Crippen molar-refractivity contribution in [1.82, 2.24) is 15.2 Å². The Balaban J connectivity index is 1.54. The molecule has 0 spiro atoms. The molecule has 3 rings (SSSR count). The largest absolute Gasteiger partial charge is 0.339 e. The van der Waals surface area contributed by atoms with Gasteiger partial charge in [-0.3, -0.25) is 10.3 Å². The quantitative estimate of drug-likeness (QED) is 0.293. The van der Waals surface area contributed by atoms with Crippen LogP contribution in [0.5, 0.6) is 0 Å². The lowest BCUT2D eigenvalue weighted by Gasteiger charge is -2.36. The first-order chi connectivity index (χ1) is 7.86. The Morgan fingerprint density at radius 2 is 1.75 bits per heavy atom. The molecule has 90 valence electrons. The van der Waals surface area contributed by atoms with Crippen LogP contribution in [-0.2, 0) is 0 Å². The molecule has 3 aliphatic rings. The van der Waals surface area contributed by atoms with E-state index in [9.17, 15) is 0 Å². The zero-order valence-electron chi connectivity index (χ0n) is 9.73. The van der Waals surface area contributed by atoms with Gasteiger partial charge in [-0.15, -0.1) is 0 Å². The van der Waals surface area contributed by atoms with Crippen LogP contribution in [-0.4, -0.2) is 54.0 Å². The van der Waals surface area contributed by atoms with E-state index in [1.807, 2.05) is 0 Å². The second-order valence-corrected chi connectivity index (χ2v) is 5.08. The second-order valence-electron chi connectivity index (χ2n) is 5.08. The van der Waals surface area contributed by atoms with Crippen molar-refractivity contribution in [3.8, 4) is 0 Å². The van der Waals surface area contributed by atoms with Gasteiger partial charge >= 0.3 is 0 Å². The lowest BCUT2D eigenvalue weighted by Crippen LogP contribution is -2.54. The number of aliphatic imine (C=N–C) groups is 1. The van der Waals surface area contributed by atoms with Crippen molar-refractivity contribution in [2.75, 3.05) is 26.2 Å². The molecule has 0 atom stereocenters. The molecule has 3 N–H and O–H groups in total. The molecule has 0 aromatic rings. The monoisotopic (exact) mass is 223 g/mol. The van der Waals surface area contributed by atoms with Gasteiger partial charge in [-0.2, -0.15) is 0 Å². The number of nitrogens with one attached hydrogen (secondary N) is 1. The van der Waals surface area contributed by atoms with Crippen molar-refractivity contribution in [2.45, 2.75) is 37.8 Å². The average molecular weight is 223 g/mol. The van der Waals surface area contributed by atoms with Gasteiger partial charge in [0.1, 0.15) is 0 Å². The molecular formula is C11H21N5. The fourth-order valence-corrected chi connectivity index (χ4v) is 2.33. The van der Waals surface area contributed by atoms with Gasteiger partial charge in [0.05, 0.1) is 6.04 Å². The van der Waals surface area contributed by atoms with Crippen molar-refractivity contribution in [3.05, 3.63) is 0 Å². The Labute approximate surface area is 96.6 Å². The average Bonchev–Trinajstić information content (AvgIpc) is 3.18. The smallest absolute Gasteiger partial charge is 0.208 e. The number of hydrazine groups is 1. The molecule has 1 aliphatic heterocycles. The summed E-state index contributed by atoms with van der Waals surface area (Å²) >= 11 is 0. The van der Waals surface area contributed by atoms with Crippen LogP contribution in [0.2, 0.25) is 0 Å². The SMILES string of the molecule is NNC(=NC1CC1)N1CCN(C2CC2)CC1. The molecule has 0 aromatic heterocycles. The van der Waals surface area contributed by atoms with Crippen LogP contribution in [0.25, 0.3) is 0 Å². The summed E-state index contributed by atoms with van der Waals surface area (Å²) in [6, 6.07) is 1.42. The van der Waals surface area contributed by atoms with Gasteiger partial charge in [0, 0.05) is 32.2 Å². The van der Waals surface area contributed by atoms with Crippen LogP contribution in [0.1, 0.15) is 25.7 Å². The van der Waals surface area contributed by atoms with Crippen molar-refractivity contribution >= 4 is 5.96 Å². The van der Waals surface area contributed by atoms with E-state index in [-0.39, 0.29) is 0 Å². The highest BCUT2D eigenvalue weighted by molar-refractivity contribution is 5.79. The Hall–Kier alpha value is -0.810. The molecule has 2 aliphatic carbocycles. The number of piperazine rings is 1. The third kappa shape index (κ3) is 2.30. The van der Waals surface area contributed by atoms with Gasteiger partial charge in [-0.1, -0.05) is 0 Å². The van der Waals surface area contributed by atoms with Crippen LogP contribution < -0.4 is 11.3 Å². The van der Waals surface area contributed by atoms with Gasteiger partial charge in [0.25, 0.3) is 0 Å². The first kappa shape index (κ1) is 10.4. The van der Waals surface area contributed by atoms with E-state index in [0.29, 0.717) is 6.04 Å². The first-order valence-corrected chi connectivity index (χ1v) is 6.40. The summed E-state index contributed by atoms with van der Waals surface area (Å²) in [5, 5.41) is 0. The van der Waals surface area contributed by atoms with Gasteiger partial charge in [-0.25, -0.2) is 10.8 Å².